The molecule has 1 atom stereocenters. The van der Waals surface area contributed by atoms with Crippen molar-refractivity contribution in [3.05, 3.63) is 46.5 Å². The van der Waals surface area contributed by atoms with Crippen LogP contribution in [0.4, 0.5) is 4.79 Å². The zero-order chi connectivity index (χ0) is 15.4. The highest BCUT2D eigenvalue weighted by molar-refractivity contribution is 6.35. The Morgan fingerprint density at radius 2 is 2.24 bits per heavy atom. The molecule has 4 nitrogen and oxygen atoms in total. The molecule has 0 radical (unpaired) electrons. The second kappa shape index (κ2) is 6.96. The second-order valence-corrected chi connectivity index (χ2v) is 5.61. The number of carbonyl (C=O) groups excluding carboxylic acids is 2. The Labute approximate surface area is 133 Å². The normalized spacial score (nSPS) is 15.7. The summed E-state index contributed by atoms with van der Waals surface area (Å²) < 4.78 is 4.80. The molecule has 1 heterocycles. The fourth-order valence-electron chi connectivity index (χ4n) is 2.24. The molecule has 2 rings (SSSR count). The number of carbonyl (C=O) groups is 2. The van der Waals surface area contributed by atoms with Gasteiger partial charge in [0.1, 0.15) is 6.61 Å². The molecule has 1 aliphatic rings. The fraction of sp³-hybridized carbons (Fsp3) is 0.333. The molecule has 0 bridgehead atoms. The largest absolute Gasteiger partial charge is 0.447 e. The maximum Gasteiger partial charge on any atom is 0.416 e. The highest BCUT2D eigenvalue weighted by atomic mass is 35.5. The highest BCUT2D eigenvalue weighted by Crippen LogP contribution is 2.26. The van der Waals surface area contributed by atoms with Gasteiger partial charge in [0.25, 0.3) is 0 Å². The molecule has 112 valence electrons. The molecule has 1 aliphatic heterocycles. The van der Waals surface area contributed by atoms with Gasteiger partial charge >= 0.3 is 6.09 Å². The van der Waals surface area contributed by atoms with Gasteiger partial charge in [0.15, 0.2) is 0 Å². The summed E-state index contributed by atoms with van der Waals surface area (Å²) in [5.41, 5.74) is 0.814. The Bertz CT molecular complexity index is 574. The van der Waals surface area contributed by atoms with Crippen LogP contribution in [0.3, 0.4) is 0 Å². The van der Waals surface area contributed by atoms with Crippen LogP contribution in [-0.2, 0) is 16.0 Å². The van der Waals surface area contributed by atoms with E-state index in [1.165, 1.54) is 0 Å². The van der Waals surface area contributed by atoms with Crippen LogP contribution in [0.1, 0.15) is 12.0 Å². The Morgan fingerprint density at radius 3 is 2.81 bits per heavy atom. The molecule has 0 N–H and O–H groups in total. The maximum absolute atomic E-state index is 12.4. The summed E-state index contributed by atoms with van der Waals surface area (Å²) >= 11 is 12.0. The highest BCUT2D eigenvalue weighted by Gasteiger charge is 2.33. The van der Waals surface area contributed by atoms with E-state index in [-0.39, 0.29) is 12.5 Å². The molecule has 1 aromatic rings. The van der Waals surface area contributed by atoms with Gasteiger partial charge in [-0.2, -0.15) is 0 Å². The average molecular weight is 328 g/mol. The van der Waals surface area contributed by atoms with Gasteiger partial charge in [0.05, 0.1) is 6.54 Å². The molecule has 2 amide bonds. The molecule has 1 fully saturated rings. The lowest BCUT2D eigenvalue weighted by Gasteiger charge is -2.19. The van der Waals surface area contributed by atoms with Gasteiger partial charge < -0.3 is 4.74 Å². The van der Waals surface area contributed by atoms with Crippen molar-refractivity contribution in [3.63, 3.8) is 0 Å². The molecular weight excluding hydrogens is 313 g/mol. The molecule has 21 heavy (non-hydrogen) atoms. The number of ether oxygens (including phenoxy) is 1. The van der Waals surface area contributed by atoms with E-state index in [1.807, 2.05) is 0 Å². The van der Waals surface area contributed by atoms with Gasteiger partial charge in [-0.1, -0.05) is 35.3 Å². The summed E-state index contributed by atoms with van der Waals surface area (Å²) in [7, 11) is 0. The summed E-state index contributed by atoms with van der Waals surface area (Å²) in [5.74, 6) is -0.657. The number of hydrogen-bond acceptors (Lipinski definition) is 3. The van der Waals surface area contributed by atoms with Crippen molar-refractivity contribution >= 4 is 35.2 Å². The lowest BCUT2D eigenvalue weighted by Crippen LogP contribution is -2.37. The number of rotatable bonds is 5. The summed E-state index contributed by atoms with van der Waals surface area (Å²) in [6, 6.07) is 5.15. The number of cyclic esters (lactones) is 1. The molecule has 0 aliphatic carbocycles. The van der Waals surface area contributed by atoms with Crippen molar-refractivity contribution in [1.29, 1.82) is 0 Å². The predicted molar refractivity (Wildman–Crippen MR) is 81.5 cm³/mol. The van der Waals surface area contributed by atoms with Gasteiger partial charge in [-0.3, -0.25) is 4.79 Å². The molecule has 6 heteroatoms. The first-order valence-electron chi connectivity index (χ1n) is 6.56. The summed E-state index contributed by atoms with van der Waals surface area (Å²) in [4.78, 5) is 25.1. The third-order valence-corrected chi connectivity index (χ3v) is 3.90. The van der Waals surface area contributed by atoms with Crippen LogP contribution >= 0.6 is 23.2 Å². The van der Waals surface area contributed by atoms with Gasteiger partial charge in [-0.05, 0) is 30.5 Å². The maximum atomic E-state index is 12.4. The van der Waals surface area contributed by atoms with Crippen LogP contribution in [0.15, 0.2) is 30.9 Å². The molecule has 1 aromatic carbocycles. The Morgan fingerprint density at radius 1 is 1.48 bits per heavy atom. The van der Waals surface area contributed by atoms with E-state index in [0.717, 1.165) is 10.5 Å². The molecular formula is C15H15Cl2NO3. The van der Waals surface area contributed by atoms with Gasteiger partial charge in [-0.15, -0.1) is 6.58 Å². The number of halogens is 2. The number of benzene rings is 1. The Balaban J connectivity index is 2.16. The first kappa shape index (κ1) is 15.9. The number of allylic oxidation sites excluding steroid dienone is 1. The average Bonchev–Trinajstić information content (AvgIpc) is 2.86. The van der Waals surface area contributed by atoms with Crippen molar-refractivity contribution < 1.29 is 14.3 Å². The van der Waals surface area contributed by atoms with Crippen LogP contribution in [-0.4, -0.2) is 30.1 Å². The fourth-order valence-corrected chi connectivity index (χ4v) is 2.72. The number of hydrogen-bond donors (Lipinski definition) is 0. The van der Waals surface area contributed by atoms with E-state index in [1.54, 1.807) is 24.3 Å². The summed E-state index contributed by atoms with van der Waals surface area (Å²) in [5, 5.41) is 1.05. The minimum Gasteiger partial charge on any atom is -0.447 e. The van der Waals surface area contributed by atoms with Crippen molar-refractivity contribution in [2.45, 2.75) is 12.8 Å². The number of imide groups is 1. The zero-order valence-corrected chi connectivity index (χ0v) is 12.9. The standard InChI is InChI=1S/C15H15Cl2NO3/c1-2-3-11(14(19)18-6-7-21-15(18)20)8-10-4-5-12(16)9-13(10)17/h2,4-5,9,11H,1,3,6-8H2. The Kier molecular flexibility index (Phi) is 5.26. The third-order valence-electron chi connectivity index (χ3n) is 3.31. The van der Waals surface area contributed by atoms with Crippen LogP contribution in [0.5, 0.6) is 0 Å². The smallest absolute Gasteiger partial charge is 0.416 e. The van der Waals surface area contributed by atoms with E-state index >= 15 is 0 Å². The van der Waals surface area contributed by atoms with E-state index in [9.17, 15) is 9.59 Å². The molecule has 0 spiro atoms. The van der Waals surface area contributed by atoms with Crippen molar-refractivity contribution in [3.8, 4) is 0 Å². The van der Waals surface area contributed by atoms with Gasteiger partial charge in [0, 0.05) is 16.0 Å². The van der Waals surface area contributed by atoms with E-state index in [4.69, 9.17) is 27.9 Å². The predicted octanol–water partition coefficient (Wildman–Crippen LogP) is 3.71. The zero-order valence-electron chi connectivity index (χ0n) is 11.4. The van der Waals surface area contributed by atoms with Crippen molar-refractivity contribution in [2.24, 2.45) is 5.92 Å². The molecule has 0 saturated carbocycles. The quantitative estimate of drug-likeness (QED) is 0.774. The lowest BCUT2D eigenvalue weighted by molar-refractivity contribution is -0.131. The van der Waals surface area contributed by atoms with E-state index < -0.39 is 12.0 Å². The first-order valence-corrected chi connectivity index (χ1v) is 7.31. The van der Waals surface area contributed by atoms with E-state index in [2.05, 4.69) is 6.58 Å². The molecule has 0 aromatic heterocycles. The van der Waals surface area contributed by atoms with Crippen molar-refractivity contribution in [2.75, 3.05) is 13.2 Å². The van der Waals surface area contributed by atoms with Crippen molar-refractivity contribution in [1.82, 2.24) is 4.90 Å². The molecule has 1 saturated heterocycles. The van der Waals surface area contributed by atoms with Crippen LogP contribution < -0.4 is 0 Å². The number of nitrogens with zero attached hydrogens (tertiary/aromatic N) is 1. The third kappa shape index (κ3) is 3.77. The van der Waals surface area contributed by atoms with Crippen LogP contribution in [0, 0.1) is 5.92 Å². The monoisotopic (exact) mass is 327 g/mol. The number of amides is 2. The minimum atomic E-state index is -0.587. The van der Waals surface area contributed by atoms with Crippen LogP contribution in [0.25, 0.3) is 0 Å². The van der Waals surface area contributed by atoms with Gasteiger partial charge in [0.2, 0.25) is 5.91 Å². The lowest BCUT2D eigenvalue weighted by atomic mass is 9.94. The first-order chi connectivity index (χ1) is 10.0. The minimum absolute atomic E-state index is 0.243. The second-order valence-electron chi connectivity index (χ2n) is 4.77. The summed E-state index contributed by atoms with van der Waals surface area (Å²) in [6.07, 6.45) is 1.95. The Hall–Kier alpha value is -1.52. The van der Waals surface area contributed by atoms with Crippen LogP contribution in [0.2, 0.25) is 10.0 Å². The molecule has 1 unspecified atom stereocenters. The SMILES string of the molecule is C=CCC(Cc1ccc(Cl)cc1Cl)C(=O)N1CCOC1=O. The topological polar surface area (TPSA) is 46.6 Å². The van der Waals surface area contributed by atoms with E-state index in [0.29, 0.717) is 29.4 Å². The van der Waals surface area contributed by atoms with Gasteiger partial charge in [-0.25, -0.2) is 9.69 Å². The summed E-state index contributed by atoms with van der Waals surface area (Å²) in [6.45, 7) is 4.20.